The van der Waals surface area contributed by atoms with Crippen LogP contribution in [0, 0.1) is 0 Å². The van der Waals surface area contributed by atoms with Crippen molar-refractivity contribution in [1.29, 1.82) is 0 Å². The van der Waals surface area contributed by atoms with Crippen LogP contribution in [0.3, 0.4) is 0 Å². The van der Waals surface area contributed by atoms with Crippen molar-refractivity contribution < 1.29 is 27.5 Å². The second-order valence-electron chi connectivity index (χ2n) is 6.55. The van der Waals surface area contributed by atoms with E-state index in [4.69, 9.17) is 4.74 Å². The summed E-state index contributed by atoms with van der Waals surface area (Å²) in [7, 11) is 1.50. The average molecular weight is 444 g/mol. The molecule has 0 bridgehead atoms. The fourth-order valence-electron chi connectivity index (χ4n) is 2.73. The number of benzene rings is 2. The summed E-state index contributed by atoms with van der Waals surface area (Å²) in [6.07, 6.45) is -3.12. The molecule has 0 aliphatic heterocycles. The summed E-state index contributed by atoms with van der Waals surface area (Å²) in [5, 5.41) is 7.20. The molecule has 0 radical (unpaired) electrons. The number of alkyl halides is 3. The second kappa shape index (κ2) is 9.82. The molecule has 3 amide bonds. The number of amides is 3. The molecule has 10 heteroatoms. The summed E-state index contributed by atoms with van der Waals surface area (Å²) in [4.78, 5) is 27.6. The predicted molar refractivity (Wildman–Crippen MR) is 111 cm³/mol. The van der Waals surface area contributed by atoms with Gasteiger partial charge in [0.2, 0.25) is 0 Å². The average Bonchev–Trinajstić information content (AvgIpc) is 2.78. The van der Waals surface area contributed by atoms with Gasteiger partial charge in [0.25, 0.3) is 5.91 Å². The number of hydrogen-bond donors (Lipinski definition) is 3. The zero-order valence-corrected chi connectivity index (χ0v) is 16.9. The minimum absolute atomic E-state index is 0.0936. The zero-order valence-electron chi connectivity index (χ0n) is 16.9. The number of nitrogens with zero attached hydrogens (tertiary/aromatic N) is 1. The summed E-state index contributed by atoms with van der Waals surface area (Å²) in [5.41, 5.74) is -0.330. The lowest BCUT2D eigenvalue weighted by molar-refractivity contribution is -0.136. The van der Waals surface area contributed by atoms with E-state index < -0.39 is 17.8 Å². The molecule has 32 heavy (non-hydrogen) atoms. The second-order valence-corrected chi connectivity index (χ2v) is 6.55. The van der Waals surface area contributed by atoms with Gasteiger partial charge in [0.05, 0.1) is 11.3 Å². The Balaban J connectivity index is 1.57. The van der Waals surface area contributed by atoms with Crippen LogP contribution in [0.5, 0.6) is 11.5 Å². The van der Waals surface area contributed by atoms with E-state index >= 15 is 0 Å². The molecule has 0 spiro atoms. The van der Waals surface area contributed by atoms with Gasteiger partial charge in [-0.2, -0.15) is 13.2 Å². The molecule has 0 saturated heterocycles. The molecule has 3 rings (SSSR count). The minimum Gasteiger partial charge on any atom is -0.457 e. The van der Waals surface area contributed by atoms with Crippen molar-refractivity contribution in [1.82, 2.24) is 15.6 Å². The number of hydrogen-bond acceptors (Lipinski definition) is 4. The van der Waals surface area contributed by atoms with E-state index in [-0.39, 0.29) is 23.8 Å². The molecular formula is C22H19F3N4O3. The van der Waals surface area contributed by atoms with E-state index in [9.17, 15) is 22.8 Å². The van der Waals surface area contributed by atoms with Crippen molar-refractivity contribution in [2.45, 2.75) is 12.7 Å². The topological polar surface area (TPSA) is 92.4 Å². The lowest BCUT2D eigenvalue weighted by atomic mass is 10.1. The molecule has 0 atom stereocenters. The van der Waals surface area contributed by atoms with Crippen molar-refractivity contribution in [3.05, 3.63) is 83.7 Å². The first-order valence-electron chi connectivity index (χ1n) is 9.42. The van der Waals surface area contributed by atoms with Crippen molar-refractivity contribution in [3.63, 3.8) is 0 Å². The summed E-state index contributed by atoms with van der Waals surface area (Å²) in [6, 6.07) is 13.8. The van der Waals surface area contributed by atoms with E-state index in [1.165, 1.54) is 37.5 Å². The van der Waals surface area contributed by atoms with Gasteiger partial charge in [-0.15, -0.1) is 0 Å². The quantitative estimate of drug-likeness (QED) is 0.519. The van der Waals surface area contributed by atoms with Gasteiger partial charge >= 0.3 is 12.2 Å². The van der Waals surface area contributed by atoms with Crippen molar-refractivity contribution in [2.75, 3.05) is 12.4 Å². The van der Waals surface area contributed by atoms with Crippen molar-refractivity contribution in [2.24, 2.45) is 0 Å². The van der Waals surface area contributed by atoms with E-state index in [0.29, 0.717) is 17.1 Å². The van der Waals surface area contributed by atoms with Crippen LogP contribution in [-0.2, 0) is 12.7 Å². The third kappa shape index (κ3) is 5.97. The highest BCUT2D eigenvalue weighted by molar-refractivity contribution is 5.92. The molecule has 0 fully saturated rings. The number of carbonyl (C=O) groups excluding carboxylic acids is 2. The maximum absolute atomic E-state index is 13.0. The van der Waals surface area contributed by atoms with E-state index in [2.05, 4.69) is 20.9 Å². The lowest BCUT2D eigenvalue weighted by Crippen LogP contribution is -2.29. The fraction of sp³-hybridized carbons (Fsp3) is 0.136. The summed E-state index contributed by atoms with van der Waals surface area (Å²) < 4.78 is 44.7. The Kier molecular flexibility index (Phi) is 6.93. The van der Waals surface area contributed by atoms with E-state index in [1.54, 1.807) is 30.3 Å². The normalized spacial score (nSPS) is 10.9. The molecule has 1 heterocycles. The zero-order chi connectivity index (χ0) is 23.1. The number of pyridine rings is 1. The van der Waals surface area contributed by atoms with Crippen LogP contribution < -0.4 is 20.7 Å². The Labute approximate surface area is 181 Å². The Morgan fingerprint density at radius 2 is 1.72 bits per heavy atom. The molecule has 7 nitrogen and oxygen atoms in total. The first-order chi connectivity index (χ1) is 15.3. The Morgan fingerprint density at radius 3 is 2.41 bits per heavy atom. The molecule has 2 aromatic carbocycles. The highest BCUT2D eigenvalue weighted by atomic mass is 19.4. The minimum atomic E-state index is -4.57. The van der Waals surface area contributed by atoms with Gasteiger partial charge in [0.1, 0.15) is 17.2 Å². The molecule has 3 N–H and O–H groups in total. The number of ether oxygens (including phenoxy) is 1. The molecular weight excluding hydrogens is 425 g/mol. The number of carbonyl (C=O) groups is 2. The Hall–Kier alpha value is -4.08. The van der Waals surface area contributed by atoms with Crippen LogP contribution in [0.2, 0.25) is 0 Å². The van der Waals surface area contributed by atoms with Crippen molar-refractivity contribution >= 4 is 17.6 Å². The molecule has 0 saturated carbocycles. The number of nitrogens with one attached hydrogen (secondary N) is 3. The van der Waals surface area contributed by atoms with Gasteiger partial charge in [0.15, 0.2) is 0 Å². The third-order valence-electron chi connectivity index (χ3n) is 4.28. The van der Waals surface area contributed by atoms with Gasteiger partial charge in [-0.3, -0.25) is 9.78 Å². The number of aromatic nitrogens is 1. The van der Waals surface area contributed by atoms with Gasteiger partial charge < -0.3 is 20.7 Å². The van der Waals surface area contributed by atoms with Crippen LogP contribution in [0.25, 0.3) is 0 Å². The van der Waals surface area contributed by atoms with Gasteiger partial charge in [-0.1, -0.05) is 24.3 Å². The molecule has 166 valence electrons. The molecule has 3 aromatic rings. The van der Waals surface area contributed by atoms with Gasteiger partial charge in [0, 0.05) is 25.9 Å². The predicted octanol–water partition coefficient (Wildman–Crippen LogP) is 4.57. The Bertz CT molecular complexity index is 1100. The number of urea groups is 1. The molecule has 0 unspecified atom stereocenters. The standard InChI is InChI=1S/C22H19F3N4O3/c1-26-20(30)19-12-16(10-11-27-19)32-15-8-6-14(7-9-15)13-28-21(31)29-18-5-3-2-4-17(18)22(23,24)25/h2-12H,13H2,1H3,(H,26,30)(H2,28,29,31). The van der Waals surface area contributed by atoms with Gasteiger partial charge in [-0.25, -0.2) is 4.79 Å². The number of rotatable bonds is 6. The Morgan fingerprint density at radius 1 is 1.00 bits per heavy atom. The monoisotopic (exact) mass is 444 g/mol. The third-order valence-corrected chi connectivity index (χ3v) is 4.28. The fourth-order valence-corrected chi connectivity index (χ4v) is 2.73. The summed E-state index contributed by atoms with van der Waals surface area (Å²) in [6.45, 7) is 0.0936. The smallest absolute Gasteiger partial charge is 0.418 e. The molecule has 0 aliphatic carbocycles. The van der Waals surface area contributed by atoms with Crippen LogP contribution in [0.4, 0.5) is 23.7 Å². The summed E-state index contributed by atoms with van der Waals surface area (Å²) >= 11 is 0. The SMILES string of the molecule is CNC(=O)c1cc(Oc2ccc(CNC(=O)Nc3ccccc3C(F)(F)F)cc2)ccn1. The van der Waals surface area contributed by atoms with Crippen LogP contribution in [0.1, 0.15) is 21.6 Å². The van der Waals surface area contributed by atoms with Crippen LogP contribution >= 0.6 is 0 Å². The maximum Gasteiger partial charge on any atom is 0.418 e. The number of para-hydroxylation sites is 1. The highest BCUT2D eigenvalue weighted by Gasteiger charge is 2.33. The van der Waals surface area contributed by atoms with Gasteiger partial charge in [-0.05, 0) is 35.9 Å². The largest absolute Gasteiger partial charge is 0.457 e. The summed E-state index contributed by atoms with van der Waals surface area (Å²) in [5.74, 6) is 0.576. The molecule has 1 aromatic heterocycles. The first-order valence-corrected chi connectivity index (χ1v) is 9.42. The molecule has 0 aliphatic rings. The van der Waals surface area contributed by atoms with E-state index in [0.717, 1.165) is 6.07 Å². The highest BCUT2D eigenvalue weighted by Crippen LogP contribution is 2.34. The number of halogens is 3. The maximum atomic E-state index is 13.0. The lowest BCUT2D eigenvalue weighted by Gasteiger charge is -2.14. The van der Waals surface area contributed by atoms with Crippen LogP contribution in [-0.4, -0.2) is 24.0 Å². The number of anilines is 1. The first kappa shape index (κ1) is 22.6. The van der Waals surface area contributed by atoms with Crippen LogP contribution in [0.15, 0.2) is 66.9 Å². The van der Waals surface area contributed by atoms with Crippen molar-refractivity contribution in [3.8, 4) is 11.5 Å². The van der Waals surface area contributed by atoms with E-state index in [1.807, 2.05) is 0 Å².